The largest absolute Gasteiger partial charge is 0.490 e. The normalized spacial score (nSPS) is 9.46. The molecule has 2 rings (SSSR count). The Kier molecular flexibility index (Phi) is 6.93. The molecule has 0 saturated carbocycles. The first kappa shape index (κ1) is 19.2. The van der Waals surface area contributed by atoms with Crippen molar-refractivity contribution in [1.29, 1.82) is 0 Å². The van der Waals surface area contributed by atoms with Gasteiger partial charge in [-0.05, 0) is 40.2 Å². The SMILES string of the molecule is COc1cccc(Br)c1[N+](=O)[O-].COc1cccc(N)c1[N+](=O)[O-]. The van der Waals surface area contributed by atoms with Crippen LogP contribution in [0.1, 0.15) is 0 Å². The Balaban J connectivity index is 0.000000240. The van der Waals surface area contributed by atoms with Crippen molar-refractivity contribution < 1.29 is 19.3 Å². The molecular formula is C14H14BrN3O6. The molecule has 2 N–H and O–H groups in total. The van der Waals surface area contributed by atoms with Crippen LogP contribution >= 0.6 is 15.9 Å². The van der Waals surface area contributed by atoms with Crippen LogP contribution in [-0.2, 0) is 0 Å². The van der Waals surface area contributed by atoms with Crippen molar-refractivity contribution >= 4 is 33.0 Å². The summed E-state index contributed by atoms with van der Waals surface area (Å²) in [5, 5.41) is 20.9. The summed E-state index contributed by atoms with van der Waals surface area (Å²) < 4.78 is 10.0. The van der Waals surface area contributed by atoms with Crippen LogP contribution in [0.2, 0.25) is 0 Å². The molecule has 9 nitrogen and oxygen atoms in total. The number of para-hydroxylation sites is 2. The standard InChI is InChI=1S/C7H6BrNO3.C7H8N2O3/c2*1-12-6-4-2-3-5(8)7(6)9(10)11/h2-4H,1H3;2-4H,8H2,1H3. The number of nitro groups is 2. The number of nitrogen functional groups attached to an aromatic ring is 1. The molecule has 2 aromatic rings. The summed E-state index contributed by atoms with van der Waals surface area (Å²) in [7, 11) is 2.76. The number of methoxy groups -OCH3 is 2. The Morgan fingerprint density at radius 3 is 1.75 bits per heavy atom. The van der Waals surface area contributed by atoms with Gasteiger partial charge in [-0.3, -0.25) is 20.2 Å². The number of hydrogen-bond donors (Lipinski definition) is 1. The summed E-state index contributed by atoms with van der Waals surface area (Å²) in [4.78, 5) is 19.9. The van der Waals surface area contributed by atoms with Crippen molar-refractivity contribution in [2.75, 3.05) is 20.0 Å². The first-order chi connectivity index (χ1) is 11.3. The highest BCUT2D eigenvalue weighted by atomic mass is 79.9. The smallest absolute Gasteiger partial charge is 0.333 e. The number of nitrogens with zero attached hydrogens (tertiary/aromatic N) is 2. The topological polar surface area (TPSA) is 131 Å². The molecule has 0 heterocycles. The van der Waals surface area contributed by atoms with Crippen LogP contribution in [0.3, 0.4) is 0 Å². The van der Waals surface area contributed by atoms with Gasteiger partial charge in [-0.25, -0.2) is 0 Å². The van der Waals surface area contributed by atoms with Crippen molar-refractivity contribution in [3.8, 4) is 11.5 Å². The van der Waals surface area contributed by atoms with Crippen LogP contribution in [0.5, 0.6) is 11.5 Å². The Labute approximate surface area is 145 Å². The Hall–Kier alpha value is -2.88. The van der Waals surface area contributed by atoms with Crippen LogP contribution in [0.25, 0.3) is 0 Å². The second-order valence-electron chi connectivity index (χ2n) is 4.20. The van der Waals surface area contributed by atoms with Crippen LogP contribution in [0, 0.1) is 20.2 Å². The number of hydrogen-bond acceptors (Lipinski definition) is 7. The van der Waals surface area contributed by atoms with Gasteiger partial charge in [-0.15, -0.1) is 0 Å². The first-order valence-corrected chi connectivity index (χ1v) is 7.16. The lowest BCUT2D eigenvalue weighted by Gasteiger charge is -2.02. The maximum Gasteiger partial charge on any atom is 0.333 e. The maximum atomic E-state index is 10.5. The predicted molar refractivity (Wildman–Crippen MR) is 91.4 cm³/mol. The molecule has 128 valence electrons. The van der Waals surface area contributed by atoms with Gasteiger partial charge in [0.05, 0.1) is 28.5 Å². The maximum absolute atomic E-state index is 10.5. The number of rotatable bonds is 4. The van der Waals surface area contributed by atoms with Crippen molar-refractivity contribution in [3.63, 3.8) is 0 Å². The fourth-order valence-electron chi connectivity index (χ4n) is 1.74. The third kappa shape index (κ3) is 4.56. The van der Waals surface area contributed by atoms with E-state index in [4.69, 9.17) is 15.2 Å². The molecule has 0 atom stereocenters. The summed E-state index contributed by atoms with van der Waals surface area (Å²) in [5.74, 6) is 0.439. The second-order valence-corrected chi connectivity index (χ2v) is 5.06. The minimum atomic E-state index is -0.561. The van der Waals surface area contributed by atoms with E-state index in [9.17, 15) is 20.2 Å². The van der Waals surface area contributed by atoms with Gasteiger partial charge in [0.1, 0.15) is 5.69 Å². The lowest BCUT2D eigenvalue weighted by atomic mass is 10.2. The summed E-state index contributed by atoms with van der Waals surface area (Å²) in [6.07, 6.45) is 0. The Morgan fingerprint density at radius 2 is 1.38 bits per heavy atom. The van der Waals surface area contributed by atoms with Gasteiger partial charge < -0.3 is 15.2 Å². The zero-order chi connectivity index (χ0) is 18.3. The number of ether oxygens (including phenoxy) is 2. The number of anilines is 1. The second kappa shape index (κ2) is 8.67. The van der Waals surface area contributed by atoms with E-state index < -0.39 is 9.85 Å². The van der Waals surface area contributed by atoms with Crippen molar-refractivity contribution in [1.82, 2.24) is 0 Å². The number of nitrogens with two attached hydrogens (primary N) is 1. The van der Waals surface area contributed by atoms with Gasteiger partial charge in [0.25, 0.3) is 0 Å². The van der Waals surface area contributed by atoms with Gasteiger partial charge in [0.15, 0.2) is 11.5 Å². The molecule has 0 fully saturated rings. The molecule has 0 unspecified atom stereocenters. The highest BCUT2D eigenvalue weighted by Gasteiger charge is 2.18. The highest BCUT2D eigenvalue weighted by molar-refractivity contribution is 9.10. The first-order valence-electron chi connectivity index (χ1n) is 6.37. The molecule has 0 bridgehead atoms. The summed E-state index contributed by atoms with van der Waals surface area (Å²) in [6.45, 7) is 0. The van der Waals surface area contributed by atoms with Gasteiger partial charge in [0.2, 0.25) is 0 Å². The van der Waals surface area contributed by atoms with Crippen LogP contribution in [-0.4, -0.2) is 24.1 Å². The lowest BCUT2D eigenvalue weighted by molar-refractivity contribution is -0.386. The monoisotopic (exact) mass is 399 g/mol. The molecule has 0 amide bonds. The molecule has 0 spiro atoms. The molecule has 0 aliphatic heterocycles. The van der Waals surface area contributed by atoms with E-state index in [2.05, 4.69) is 15.9 Å². The lowest BCUT2D eigenvalue weighted by Crippen LogP contribution is -1.98. The van der Waals surface area contributed by atoms with Crippen molar-refractivity contribution in [2.24, 2.45) is 0 Å². The van der Waals surface area contributed by atoms with Gasteiger partial charge in [0, 0.05) is 0 Å². The van der Waals surface area contributed by atoms with Gasteiger partial charge in [-0.2, -0.15) is 0 Å². The van der Waals surface area contributed by atoms with E-state index in [-0.39, 0.29) is 28.6 Å². The third-order valence-electron chi connectivity index (χ3n) is 2.78. The minimum Gasteiger partial charge on any atom is -0.490 e. The fraction of sp³-hybridized carbons (Fsp3) is 0.143. The molecule has 10 heteroatoms. The van der Waals surface area contributed by atoms with Gasteiger partial charge >= 0.3 is 11.4 Å². The summed E-state index contributed by atoms with van der Waals surface area (Å²) >= 11 is 3.07. The Bertz CT molecular complexity index is 690. The molecule has 0 saturated heterocycles. The van der Waals surface area contributed by atoms with E-state index in [1.807, 2.05) is 0 Å². The van der Waals surface area contributed by atoms with Crippen molar-refractivity contribution in [3.05, 3.63) is 61.1 Å². The van der Waals surface area contributed by atoms with Gasteiger partial charge in [-0.1, -0.05) is 12.1 Å². The number of nitro benzene ring substituents is 2. The van der Waals surface area contributed by atoms with E-state index in [1.54, 1.807) is 24.3 Å². The Morgan fingerprint density at radius 1 is 0.917 bits per heavy atom. The van der Waals surface area contributed by atoms with Crippen LogP contribution < -0.4 is 15.2 Å². The number of benzene rings is 2. The molecular weight excluding hydrogens is 386 g/mol. The average molecular weight is 400 g/mol. The van der Waals surface area contributed by atoms with E-state index in [1.165, 1.54) is 26.4 Å². The molecule has 2 aromatic carbocycles. The molecule has 0 radical (unpaired) electrons. The number of halogens is 1. The zero-order valence-corrected chi connectivity index (χ0v) is 14.3. The predicted octanol–water partition coefficient (Wildman–Crippen LogP) is 3.55. The van der Waals surface area contributed by atoms with E-state index in [0.29, 0.717) is 4.47 Å². The zero-order valence-electron chi connectivity index (χ0n) is 12.8. The molecule has 24 heavy (non-hydrogen) atoms. The average Bonchev–Trinajstić information content (AvgIpc) is 2.54. The fourth-order valence-corrected chi connectivity index (χ4v) is 2.23. The molecule has 0 aliphatic rings. The van der Waals surface area contributed by atoms with Crippen molar-refractivity contribution in [2.45, 2.75) is 0 Å². The quantitative estimate of drug-likeness (QED) is 0.472. The van der Waals surface area contributed by atoms with E-state index >= 15 is 0 Å². The highest BCUT2D eigenvalue weighted by Crippen LogP contribution is 2.34. The molecule has 0 aromatic heterocycles. The van der Waals surface area contributed by atoms with Crippen LogP contribution in [0.15, 0.2) is 40.9 Å². The molecule has 0 aliphatic carbocycles. The third-order valence-corrected chi connectivity index (χ3v) is 3.42. The van der Waals surface area contributed by atoms with E-state index in [0.717, 1.165) is 0 Å². The minimum absolute atomic E-state index is 0.0417. The summed E-state index contributed by atoms with van der Waals surface area (Å²) in [6, 6.07) is 9.37. The summed E-state index contributed by atoms with van der Waals surface area (Å²) in [5.41, 5.74) is 5.26. The van der Waals surface area contributed by atoms with Crippen LogP contribution in [0.4, 0.5) is 17.1 Å².